The van der Waals surface area contributed by atoms with Crippen molar-refractivity contribution in [1.29, 1.82) is 0 Å². The Morgan fingerprint density at radius 1 is 1.14 bits per heavy atom. The molecule has 3 aliphatic rings. The van der Waals surface area contributed by atoms with Crippen LogP contribution in [0.15, 0.2) is 24.3 Å². The number of para-hydroxylation sites is 1. The van der Waals surface area contributed by atoms with E-state index in [0.29, 0.717) is 13.1 Å². The molecule has 1 heterocycles. The molecule has 36 heavy (non-hydrogen) atoms. The third-order valence-corrected chi connectivity index (χ3v) is 10.6. The molecular formula is C27H42N4O4S. The molecule has 4 rings (SSSR count). The van der Waals surface area contributed by atoms with Gasteiger partial charge in [-0.1, -0.05) is 39.0 Å². The Hall–Kier alpha value is -2.13. The number of aryl methyl sites for hydroxylation is 1. The molecule has 0 aromatic heterocycles. The molecule has 2 bridgehead atoms. The second-order valence-corrected chi connectivity index (χ2v) is 14.2. The van der Waals surface area contributed by atoms with Crippen molar-refractivity contribution in [2.75, 3.05) is 43.1 Å². The number of hydrogen-bond acceptors (Lipinski definition) is 6. The first-order valence-corrected chi connectivity index (χ1v) is 15.2. The lowest BCUT2D eigenvalue weighted by Crippen LogP contribution is -2.58. The summed E-state index contributed by atoms with van der Waals surface area (Å²) in [6, 6.07) is 7.09. The third-order valence-electron chi connectivity index (χ3n) is 9.62. The fourth-order valence-electron chi connectivity index (χ4n) is 6.97. The lowest BCUT2D eigenvalue weighted by Gasteiger charge is -2.43. The zero-order valence-corrected chi connectivity index (χ0v) is 23.1. The number of amides is 2. The Bertz CT molecular complexity index is 1110. The van der Waals surface area contributed by atoms with E-state index in [1.165, 1.54) is 11.3 Å². The summed E-state index contributed by atoms with van der Waals surface area (Å²) in [4.78, 5) is 31.4. The molecule has 9 heteroatoms. The summed E-state index contributed by atoms with van der Waals surface area (Å²) in [5.74, 6) is -0.492. The first-order chi connectivity index (χ1) is 16.8. The molecule has 1 aromatic carbocycles. The van der Waals surface area contributed by atoms with Gasteiger partial charge in [0, 0.05) is 44.2 Å². The molecule has 0 spiro atoms. The Morgan fingerprint density at radius 2 is 1.78 bits per heavy atom. The lowest BCUT2D eigenvalue weighted by atomic mass is 9.69. The molecule has 3 fully saturated rings. The molecule has 5 unspecified atom stereocenters. The van der Waals surface area contributed by atoms with Gasteiger partial charge in [0.2, 0.25) is 11.8 Å². The highest BCUT2D eigenvalue weighted by molar-refractivity contribution is 7.90. The second-order valence-electron chi connectivity index (χ2n) is 11.9. The van der Waals surface area contributed by atoms with Crippen molar-refractivity contribution in [3.05, 3.63) is 29.8 Å². The summed E-state index contributed by atoms with van der Waals surface area (Å²) >= 11 is 0. The maximum absolute atomic E-state index is 14.0. The average Bonchev–Trinajstić information content (AvgIpc) is 3.14. The van der Waals surface area contributed by atoms with Crippen molar-refractivity contribution in [1.82, 2.24) is 10.2 Å². The zero-order valence-electron chi connectivity index (χ0n) is 22.3. The van der Waals surface area contributed by atoms with E-state index >= 15 is 0 Å². The van der Waals surface area contributed by atoms with Crippen molar-refractivity contribution in [2.24, 2.45) is 28.4 Å². The van der Waals surface area contributed by atoms with Crippen LogP contribution in [0.3, 0.4) is 0 Å². The van der Waals surface area contributed by atoms with Crippen LogP contribution in [0, 0.1) is 29.6 Å². The predicted molar refractivity (Wildman–Crippen MR) is 142 cm³/mol. The van der Waals surface area contributed by atoms with E-state index in [-0.39, 0.29) is 52.7 Å². The molecular weight excluding hydrogens is 476 g/mol. The normalized spacial score (nSPS) is 30.3. The van der Waals surface area contributed by atoms with E-state index in [1.807, 2.05) is 17.0 Å². The Balaban J connectivity index is 1.49. The van der Waals surface area contributed by atoms with Crippen LogP contribution in [0.25, 0.3) is 0 Å². The minimum atomic E-state index is -3.21. The summed E-state index contributed by atoms with van der Waals surface area (Å²) in [6.45, 7) is 11.6. The summed E-state index contributed by atoms with van der Waals surface area (Å²) in [5.41, 5.74) is 8.19. The molecule has 3 N–H and O–H groups in total. The van der Waals surface area contributed by atoms with Crippen LogP contribution in [-0.2, 0) is 19.4 Å². The van der Waals surface area contributed by atoms with E-state index in [4.69, 9.17) is 5.73 Å². The largest absolute Gasteiger partial charge is 0.368 e. The van der Waals surface area contributed by atoms with Crippen molar-refractivity contribution < 1.29 is 18.0 Å². The number of benzene rings is 1. The molecule has 8 nitrogen and oxygen atoms in total. The molecule has 2 aliphatic carbocycles. The quantitative estimate of drug-likeness (QED) is 0.571. The number of nitrogens with one attached hydrogen (secondary N) is 1. The third kappa shape index (κ3) is 4.76. The van der Waals surface area contributed by atoms with E-state index in [2.05, 4.69) is 50.0 Å². The van der Waals surface area contributed by atoms with Crippen molar-refractivity contribution in [3.8, 4) is 0 Å². The van der Waals surface area contributed by atoms with E-state index in [9.17, 15) is 18.0 Å². The van der Waals surface area contributed by atoms with Crippen LogP contribution >= 0.6 is 0 Å². The zero-order chi connectivity index (χ0) is 26.5. The number of fused-ring (bicyclic) bond motifs is 2. The first-order valence-electron chi connectivity index (χ1n) is 13.1. The van der Waals surface area contributed by atoms with Crippen LogP contribution < -0.4 is 16.0 Å². The number of sulfone groups is 1. The van der Waals surface area contributed by atoms with Gasteiger partial charge in [-0.2, -0.15) is 0 Å². The van der Waals surface area contributed by atoms with Crippen LogP contribution in [0.5, 0.6) is 0 Å². The summed E-state index contributed by atoms with van der Waals surface area (Å²) in [6.07, 6.45) is 3.12. The molecule has 1 saturated heterocycles. The van der Waals surface area contributed by atoms with E-state index in [1.54, 1.807) is 0 Å². The van der Waals surface area contributed by atoms with Crippen molar-refractivity contribution >= 4 is 27.3 Å². The number of hydrogen-bond donors (Lipinski definition) is 2. The van der Waals surface area contributed by atoms with Gasteiger partial charge in [0.1, 0.15) is 9.84 Å². The molecule has 5 atom stereocenters. The van der Waals surface area contributed by atoms with Crippen LogP contribution in [-0.4, -0.2) is 75.4 Å². The molecule has 2 saturated carbocycles. The maximum Gasteiger partial charge on any atom is 0.237 e. The molecule has 2 amide bonds. The number of carbonyl (C=O) groups is 2. The minimum Gasteiger partial charge on any atom is -0.368 e. The summed E-state index contributed by atoms with van der Waals surface area (Å²) < 4.78 is 23.1. The highest BCUT2D eigenvalue weighted by Gasteiger charge is 2.68. The number of nitrogens with two attached hydrogens (primary N) is 1. The van der Waals surface area contributed by atoms with Gasteiger partial charge in [-0.3, -0.25) is 9.59 Å². The minimum absolute atomic E-state index is 0.0698. The molecule has 200 valence electrons. The topological polar surface area (TPSA) is 113 Å². The fourth-order valence-corrected chi connectivity index (χ4v) is 7.65. The highest BCUT2D eigenvalue weighted by atomic mass is 32.2. The lowest BCUT2D eigenvalue weighted by molar-refractivity contribution is -0.139. The fraction of sp³-hybridized carbons (Fsp3) is 0.704. The van der Waals surface area contributed by atoms with Gasteiger partial charge in [0.05, 0.1) is 17.7 Å². The van der Waals surface area contributed by atoms with Gasteiger partial charge in [0.15, 0.2) is 0 Å². The molecule has 1 aliphatic heterocycles. The Morgan fingerprint density at radius 3 is 2.39 bits per heavy atom. The number of carbonyl (C=O) groups excluding carboxylic acids is 2. The maximum atomic E-state index is 14.0. The summed E-state index contributed by atoms with van der Waals surface area (Å²) in [5, 5.41) is 3.14. The molecule has 0 radical (unpaired) electrons. The molecule has 1 aromatic rings. The van der Waals surface area contributed by atoms with Gasteiger partial charge < -0.3 is 20.9 Å². The second kappa shape index (κ2) is 9.63. The Kier molecular flexibility index (Phi) is 7.20. The standard InChI is InChI=1S/C27H42N4O4S/c1-18-8-6-7-9-21(18)30-13-15-31(16-14-30)25(33)22-19-10-12-27(4,26(19,2)3)23(22)29-24(32)20(28)11-17-36(5,34)35/h6-9,19-20,22-23H,10-17,28H2,1-5H3,(H,29,32). The van der Waals surface area contributed by atoms with Crippen molar-refractivity contribution in [2.45, 2.75) is 59.0 Å². The summed E-state index contributed by atoms with van der Waals surface area (Å²) in [7, 11) is -3.21. The number of nitrogens with zero attached hydrogens (tertiary/aromatic N) is 2. The van der Waals surface area contributed by atoms with Gasteiger partial charge in [-0.15, -0.1) is 0 Å². The van der Waals surface area contributed by atoms with E-state index < -0.39 is 15.9 Å². The SMILES string of the molecule is Cc1ccccc1N1CCN(C(=O)C2C3CCC(C)(C2NC(=O)C(N)CCS(C)(=O)=O)C3(C)C)CC1. The average molecular weight is 519 g/mol. The predicted octanol–water partition coefficient (Wildman–Crippen LogP) is 1.96. The highest BCUT2D eigenvalue weighted by Crippen LogP contribution is 2.67. The smallest absolute Gasteiger partial charge is 0.237 e. The number of piperazine rings is 1. The van der Waals surface area contributed by atoms with Gasteiger partial charge >= 0.3 is 0 Å². The van der Waals surface area contributed by atoms with Crippen LogP contribution in [0.4, 0.5) is 5.69 Å². The van der Waals surface area contributed by atoms with Crippen LogP contribution in [0.1, 0.15) is 45.6 Å². The van der Waals surface area contributed by atoms with Gasteiger partial charge in [0.25, 0.3) is 0 Å². The first kappa shape index (κ1) is 26.9. The van der Waals surface area contributed by atoms with Crippen LogP contribution in [0.2, 0.25) is 0 Å². The van der Waals surface area contributed by atoms with Gasteiger partial charge in [-0.05, 0) is 54.6 Å². The number of rotatable bonds is 7. The Labute approximate surface area is 215 Å². The monoisotopic (exact) mass is 518 g/mol. The van der Waals surface area contributed by atoms with Gasteiger partial charge in [-0.25, -0.2) is 8.42 Å². The van der Waals surface area contributed by atoms with E-state index in [0.717, 1.165) is 32.2 Å². The number of anilines is 1. The van der Waals surface area contributed by atoms with Crippen molar-refractivity contribution in [3.63, 3.8) is 0 Å².